The molecule has 3 heterocycles. The SMILES string of the molecule is COc1ccc(Cn2ccc3nc4ccn(CCN(C)C)c(=O)c4cc3c2=O)cc1. The monoisotopic (exact) mass is 404 g/mol. The lowest BCUT2D eigenvalue weighted by Gasteiger charge is -2.12. The summed E-state index contributed by atoms with van der Waals surface area (Å²) in [6.45, 7) is 1.76. The summed E-state index contributed by atoms with van der Waals surface area (Å²) in [6, 6.07) is 12.9. The van der Waals surface area contributed by atoms with Gasteiger partial charge in [-0.1, -0.05) is 12.1 Å². The van der Waals surface area contributed by atoms with Crippen molar-refractivity contribution < 1.29 is 4.74 Å². The summed E-state index contributed by atoms with van der Waals surface area (Å²) in [4.78, 5) is 32.6. The molecule has 0 bridgehead atoms. The van der Waals surface area contributed by atoms with E-state index in [9.17, 15) is 9.59 Å². The molecule has 0 radical (unpaired) electrons. The maximum Gasteiger partial charge on any atom is 0.260 e. The summed E-state index contributed by atoms with van der Waals surface area (Å²) < 4.78 is 8.47. The Hall–Kier alpha value is -3.45. The van der Waals surface area contributed by atoms with Gasteiger partial charge in [-0.15, -0.1) is 0 Å². The van der Waals surface area contributed by atoms with Crippen molar-refractivity contribution in [3.05, 3.63) is 81.1 Å². The van der Waals surface area contributed by atoms with Gasteiger partial charge in [-0.2, -0.15) is 0 Å². The van der Waals surface area contributed by atoms with Gasteiger partial charge in [0.1, 0.15) is 5.75 Å². The van der Waals surface area contributed by atoms with Crippen LogP contribution in [0.4, 0.5) is 0 Å². The summed E-state index contributed by atoms with van der Waals surface area (Å²) in [5, 5.41) is 0.907. The number of hydrogen-bond acceptors (Lipinski definition) is 5. The Morgan fingerprint density at radius 1 is 0.900 bits per heavy atom. The van der Waals surface area contributed by atoms with Gasteiger partial charge in [0, 0.05) is 25.5 Å². The van der Waals surface area contributed by atoms with Crippen LogP contribution in [0.15, 0.2) is 64.4 Å². The summed E-state index contributed by atoms with van der Waals surface area (Å²) in [5.41, 5.74) is 1.87. The number of methoxy groups -OCH3 is 1. The van der Waals surface area contributed by atoms with Gasteiger partial charge in [-0.3, -0.25) is 9.59 Å². The fraction of sp³-hybridized carbons (Fsp3) is 0.261. The Balaban J connectivity index is 1.77. The normalized spacial score (nSPS) is 11.5. The number of likely N-dealkylation sites (N-methyl/N-ethyl adjacent to an activating group) is 1. The number of pyridine rings is 3. The van der Waals surface area contributed by atoms with Gasteiger partial charge in [0.25, 0.3) is 11.1 Å². The molecule has 1 aromatic carbocycles. The zero-order valence-corrected chi connectivity index (χ0v) is 17.3. The molecule has 0 aliphatic carbocycles. The topological polar surface area (TPSA) is 69.4 Å². The van der Waals surface area contributed by atoms with E-state index in [1.807, 2.05) is 55.4 Å². The smallest absolute Gasteiger partial charge is 0.260 e. The number of fused-ring (bicyclic) bond motifs is 2. The highest BCUT2D eigenvalue weighted by Gasteiger charge is 2.10. The molecular formula is C23H24N4O3. The van der Waals surface area contributed by atoms with Crippen LogP contribution < -0.4 is 15.9 Å². The van der Waals surface area contributed by atoms with Gasteiger partial charge in [0.05, 0.1) is 35.5 Å². The summed E-state index contributed by atoms with van der Waals surface area (Å²) in [6.07, 6.45) is 3.50. The first-order chi connectivity index (χ1) is 14.5. The van der Waals surface area contributed by atoms with Crippen molar-refractivity contribution in [3.63, 3.8) is 0 Å². The molecular weight excluding hydrogens is 380 g/mol. The molecule has 7 nitrogen and oxygen atoms in total. The predicted molar refractivity (Wildman–Crippen MR) is 118 cm³/mol. The largest absolute Gasteiger partial charge is 0.497 e. The predicted octanol–water partition coefficient (Wildman–Crippen LogP) is 2.33. The average Bonchev–Trinajstić information content (AvgIpc) is 2.75. The second kappa shape index (κ2) is 8.12. The maximum atomic E-state index is 13.1. The van der Waals surface area contributed by atoms with Gasteiger partial charge < -0.3 is 18.8 Å². The molecule has 30 heavy (non-hydrogen) atoms. The van der Waals surface area contributed by atoms with E-state index < -0.39 is 0 Å². The lowest BCUT2D eigenvalue weighted by Crippen LogP contribution is -2.26. The van der Waals surface area contributed by atoms with E-state index in [0.717, 1.165) is 17.9 Å². The molecule has 154 valence electrons. The number of aromatic nitrogens is 3. The highest BCUT2D eigenvalue weighted by molar-refractivity contribution is 5.91. The number of hydrogen-bond donors (Lipinski definition) is 0. The molecule has 4 aromatic rings. The minimum atomic E-state index is -0.166. The maximum absolute atomic E-state index is 13.1. The van der Waals surface area contributed by atoms with Gasteiger partial charge in [-0.05, 0) is 50.0 Å². The van der Waals surface area contributed by atoms with Crippen molar-refractivity contribution in [1.82, 2.24) is 19.0 Å². The van der Waals surface area contributed by atoms with Crippen LogP contribution in [0.2, 0.25) is 0 Å². The molecule has 0 N–H and O–H groups in total. The van der Waals surface area contributed by atoms with Crippen molar-refractivity contribution in [1.29, 1.82) is 0 Å². The van der Waals surface area contributed by atoms with E-state index in [2.05, 4.69) is 4.98 Å². The third-order valence-electron chi connectivity index (χ3n) is 5.19. The molecule has 0 unspecified atom stereocenters. The van der Waals surface area contributed by atoms with Gasteiger partial charge in [0.2, 0.25) is 0 Å². The second-order valence-corrected chi connectivity index (χ2v) is 7.57. The summed E-state index contributed by atoms with van der Waals surface area (Å²) in [5.74, 6) is 0.769. The van der Waals surface area contributed by atoms with Gasteiger partial charge in [0.15, 0.2) is 0 Å². The van der Waals surface area contributed by atoms with E-state index in [1.165, 1.54) is 0 Å². The highest BCUT2D eigenvalue weighted by Crippen LogP contribution is 2.16. The number of ether oxygens (including phenoxy) is 1. The molecule has 0 spiro atoms. The fourth-order valence-corrected chi connectivity index (χ4v) is 3.44. The molecule has 0 aliphatic rings. The van der Waals surface area contributed by atoms with Crippen LogP contribution in [0.1, 0.15) is 5.56 Å². The van der Waals surface area contributed by atoms with Crippen molar-refractivity contribution in [2.24, 2.45) is 0 Å². The Morgan fingerprint density at radius 2 is 1.50 bits per heavy atom. The lowest BCUT2D eigenvalue weighted by molar-refractivity contribution is 0.381. The third-order valence-corrected chi connectivity index (χ3v) is 5.19. The third kappa shape index (κ3) is 3.84. The van der Waals surface area contributed by atoms with E-state index in [4.69, 9.17) is 4.74 Å². The van der Waals surface area contributed by atoms with Crippen molar-refractivity contribution in [2.45, 2.75) is 13.1 Å². The Morgan fingerprint density at radius 3 is 2.10 bits per heavy atom. The van der Waals surface area contributed by atoms with Crippen LogP contribution in [0, 0.1) is 0 Å². The molecule has 0 aliphatic heterocycles. The molecule has 0 amide bonds. The van der Waals surface area contributed by atoms with Crippen LogP contribution in [0.3, 0.4) is 0 Å². The van der Waals surface area contributed by atoms with Gasteiger partial charge >= 0.3 is 0 Å². The highest BCUT2D eigenvalue weighted by atomic mass is 16.5. The van der Waals surface area contributed by atoms with Crippen LogP contribution in [-0.4, -0.2) is 46.8 Å². The van der Waals surface area contributed by atoms with E-state index in [0.29, 0.717) is 34.9 Å². The van der Waals surface area contributed by atoms with E-state index in [1.54, 1.807) is 34.7 Å². The first kappa shape index (κ1) is 19.8. The van der Waals surface area contributed by atoms with Crippen molar-refractivity contribution in [3.8, 4) is 5.75 Å². The van der Waals surface area contributed by atoms with Crippen LogP contribution in [0.25, 0.3) is 21.8 Å². The number of nitrogens with zero attached hydrogens (tertiary/aromatic N) is 4. The first-order valence-corrected chi connectivity index (χ1v) is 9.77. The van der Waals surface area contributed by atoms with Crippen molar-refractivity contribution in [2.75, 3.05) is 27.7 Å². The zero-order chi connectivity index (χ0) is 21.3. The van der Waals surface area contributed by atoms with Crippen LogP contribution >= 0.6 is 0 Å². The molecule has 3 aromatic heterocycles. The minimum Gasteiger partial charge on any atom is -0.497 e. The van der Waals surface area contributed by atoms with E-state index in [-0.39, 0.29) is 11.1 Å². The standard InChI is InChI=1S/C23H24N4O3/c1-25(2)12-13-26-10-8-20-18(22(26)28)14-19-21(24-20)9-11-27(23(19)29)15-16-4-6-17(30-3)7-5-16/h4-11,14H,12-13,15H2,1-3H3. The average molecular weight is 404 g/mol. The second-order valence-electron chi connectivity index (χ2n) is 7.57. The first-order valence-electron chi connectivity index (χ1n) is 9.77. The summed E-state index contributed by atoms with van der Waals surface area (Å²) >= 11 is 0. The molecule has 0 atom stereocenters. The Bertz CT molecular complexity index is 1320. The Labute approximate surface area is 173 Å². The molecule has 4 rings (SSSR count). The molecule has 0 fully saturated rings. The molecule has 7 heteroatoms. The van der Waals surface area contributed by atoms with E-state index >= 15 is 0 Å². The minimum absolute atomic E-state index is 0.131. The van der Waals surface area contributed by atoms with Crippen molar-refractivity contribution >= 4 is 21.8 Å². The summed E-state index contributed by atoms with van der Waals surface area (Å²) in [7, 11) is 5.55. The molecule has 0 saturated carbocycles. The van der Waals surface area contributed by atoms with Gasteiger partial charge in [-0.25, -0.2) is 4.98 Å². The fourth-order valence-electron chi connectivity index (χ4n) is 3.44. The quantitative estimate of drug-likeness (QED) is 0.462. The Kier molecular flexibility index (Phi) is 5.37. The molecule has 0 saturated heterocycles. The number of rotatable bonds is 6. The van der Waals surface area contributed by atoms with Crippen LogP contribution in [-0.2, 0) is 13.1 Å². The van der Waals surface area contributed by atoms with Crippen LogP contribution in [0.5, 0.6) is 5.75 Å². The number of benzene rings is 1. The zero-order valence-electron chi connectivity index (χ0n) is 17.3. The lowest BCUT2D eigenvalue weighted by atomic mass is 10.1.